The van der Waals surface area contributed by atoms with Crippen LogP contribution in [0.1, 0.15) is 25.7 Å². The third-order valence-corrected chi connectivity index (χ3v) is 7.67. The summed E-state index contributed by atoms with van der Waals surface area (Å²) in [5.41, 5.74) is 6.17. The third kappa shape index (κ3) is 4.53. The van der Waals surface area contributed by atoms with E-state index in [9.17, 15) is 22.3 Å². The second kappa shape index (κ2) is 8.48. The number of nitrogens with two attached hydrogens (primary N) is 1. The minimum atomic E-state index is -3.05. The molecule has 0 radical (unpaired) electrons. The van der Waals surface area contributed by atoms with E-state index in [2.05, 4.69) is 10.1 Å². The Morgan fingerprint density at radius 3 is 2.55 bits per heavy atom. The molecule has 3 heterocycles. The topological polar surface area (TPSA) is 114 Å². The van der Waals surface area contributed by atoms with Crippen molar-refractivity contribution in [3.63, 3.8) is 0 Å². The van der Waals surface area contributed by atoms with E-state index in [4.69, 9.17) is 5.73 Å². The lowest BCUT2D eigenvalue weighted by Gasteiger charge is -2.29. The van der Waals surface area contributed by atoms with Crippen molar-refractivity contribution in [1.82, 2.24) is 18.9 Å². The van der Waals surface area contributed by atoms with E-state index in [0.717, 1.165) is 25.7 Å². The number of aromatic nitrogens is 3. The van der Waals surface area contributed by atoms with Crippen molar-refractivity contribution in [2.75, 3.05) is 18.8 Å². The third-order valence-electron chi connectivity index (χ3n) is 5.30. The molecule has 1 aromatic carbocycles. The Hall–Kier alpha value is -2.63. The van der Waals surface area contributed by atoms with Gasteiger partial charge in [0.2, 0.25) is 16.0 Å². The highest BCUT2D eigenvalue weighted by molar-refractivity contribution is 7.90. The van der Waals surface area contributed by atoms with Crippen LogP contribution in [0.2, 0.25) is 0 Å². The van der Waals surface area contributed by atoms with Crippen LogP contribution in [0.3, 0.4) is 0 Å². The molecule has 31 heavy (non-hydrogen) atoms. The van der Waals surface area contributed by atoms with E-state index in [1.54, 1.807) is 18.2 Å². The quantitative estimate of drug-likeness (QED) is 0.631. The van der Waals surface area contributed by atoms with Crippen LogP contribution in [0.25, 0.3) is 16.8 Å². The van der Waals surface area contributed by atoms with E-state index in [1.165, 1.54) is 27.2 Å². The Morgan fingerprint density at radius 1 is 1.13 bits per heavy atom. The number of benzene rings is 1. The number of nitrogens with zero attached hydrogens (tertiary/aromatic N) is 4. The molecule has 166 valence electrons. The van der Waals surface area contributed by atoms with Crippen molar-refractivity contribution in [2.24, 2.45) is 0 Å². The fraction of sp³-hybridized carbons (Fsp3) is 0.400. The zero-order valence-corrected chi connectivity index (χ0v) is 17.5. The number of anilines is 1. The van der Waals surface area contributed by atoms with Crippen LogP contribution in [-0.4, -0.2) is 56.9 Å². The summed E-state index contributed by atoms with van der Waals surface area (Å²) in [5, 5.41) is 13.1. The van der Waals surface area contributed by atoms with Crippen LogP contribution in [0.5, 0.6) is 0 Å². The maximum atomic E-state index is 13.7. The molecule has 1 aliphatic carbocycles. The summed E-state index contributed by atoms with van der Waals surface area (Å²) >= 11 is 0. The highest BCUT2D eigenvalue weighted by atomic mass is 32.2. The van der Waals surface area contributed by atoms with Gasteiger partial charge in [0.25, 0.3) is 0 Å². The summed E-state index contributed by atoms with van der Waals surface area (Å²) in [6.07, 6.45) is 3.93. The first-order valence-corrected chi connectivity index (χ1v) is 11.5. The van der Waals surface area contributed by atoms with Gasteiger partial charge in [-0.25, -0.2) is 26.7 Å². The average Bonchev–Trinajstić information content (AvgIpc) is 3.55. The van der Waals surface area contributed by atoms with Crippen molar-refractivity contribution >= 4 is 21.5 Å². The number of hydrogen-bond donors (Lipinski definition) is 2. The molecule has 5 rings (SSSR count). The van der Waals surface area contributed by atoms with E-state index in [-0.39, 0.29) is 22.3 Å². The van der Waals surface area contributed by atoms with Crippen LogP contribution >= 0.6 is 0 Å². The van der Waals surface area contributed by atoms with Gasteiger partial charge in [-0.3, -0.25) is 0 Å². The summed E-state index contributed by atoms with van der Waals surface area (Å²) in [7, 11) is -3.05. The average molecular weight is 451 g/mol. The molecule has 0 bridgehead atoms. The van der Waals surface area contributed by atoms with Crippen molar-refractivity contribution in [1.29, 1.82) is 0 Å². The number of rotatable bonds is 3. The molecule has 0 spiro atoms. The summed E-state index contributed by atoms with van der Waals surface area (Å²) in [6, 6.07) is 7.29. The maximum absolute atomic E-state index is 13.7. The van der Waals surface area contributed by atoms with Gasteiger partial charge in [0, 0.05) is 24.7 Å². The van der Waals surface area contributed by atoms with Crippen LogP contribution in [0.15, 0.2) is 36.5 Å². The van der Waals surface area contributed by atoms with Crippen molar-refractivity contribution in [3.8, 4) is 11.3 Å². The van der Waals surface area contributed by atoms with Gasteiger partial charge in [0.05, 0.1) is 23.2 Å². The number of aliphatic hydroxyl groups is 1. The van der Waals surface area contributed by atoms with Crippen molar-refractivity contribution in [2.45, 2.75) is 37.0 Å². The fourth-order valence-corrected chi connectivity index (χ4v) is 5.47. The molecule has 11 heteroatoms. The number of aliphatic hydroxyl groups excluding tert-OH is 1. The molecule has 2 aromatic heterocycles. The zero-order valence-electron chi connectivity index (χ0n) is 16.7. The second-order valence-electron chi connectivity index (χ2n) is 7.67. The first kappa shape index (κ1) is 21.6. The van der Waals surface area contributed by atoms with Gasteiger partial charge in [-0.2, -0.15) is 4.31 Å². The number of sulfonamides is 1. The molecule has 2 fully saturated rings. The normalized spacial score (nSPS) is 19.8. The highest BCUT2D eigenvalue weighted by Crippen LogP contribution is 2.32. The number of fused-ring (bicyclic) bond motifs is 1. The lowest BCUT2D eigenvalue weighted by atomic mass is 10.1. The number of hydrogen-bond acceptors (Lipinski definition) is 6. The predicted molar refractivity (Wildman–Crippen MR) is 112 cm³/mol. The Kier molecular flexibility index (Phi) is 5.91. The highest BCUT2D eigenvalue weighted by Gasteiger charge is 2.41. The van der Waals surface area contributed by atoms with Gasteiger partial charge in [0.15, 0.2) is 5.82 Å². The molecule has 8 nitrogen and oxygen atoms in total. The Labute approximate surface area is 178 Å². The van der Waals surface area contributed by atoms with Gasteiger partial charge >= 0.3 is 0 Å². The molecule has 1 aliphatic heterocycles. The van der Waals surface area contributed by atoms with E-state index in [1.807, 2.05) is 0 Å². The first-order valence-electron chi connectivity index (χ1n) is 9.99. The number of β-amino-alcohol motifs (C(OH)–C–C–N with tert-alkyl or cyclic N) is 1. The van der Waals surface area contributed by atoms with Crippen LogP contribution < -0.4 is 5.73 Å². The van der Waals surface area contributed by atoms with Gasteiger partial charge in [0.1, 0.15) is 11.3 Å². The molecule has 1 saturated heterocycles. The van der Waals surface area contributed by atoms with E-state index >= 15 is 0 Å². The number of nitrogen functional groups attached to an aromatic ring is 1. The maximum Gasteiger partial charge on any atom is 0.238 e. The zero-order chi connectivity index (χ0) is 22.2. The van der Waals surface area contributed by atoms with E-state index < -0.39 is 27.8 Å². The molecular weight excluding hydrogens is 428 g/mol. The summed E-state index contributed by atoms with van der Waals surface area (Å²) in [6.45, 7) is 0.898. The van der Waals surface area contributed by atoms with Gasteiger partial charge in [-0.1, -0.05) is 12.1 Å². The van der Waals surface area contributed by atoms with Crippen LogP contribution in [-0.2, 0) is 10.0 Å². The fourth-order valence-electron chi connectivity index (χ4n) is 3.56. The summed E-state index contributed by atoms with van der Waals surface area (Å²) in [4.78, 5) is 3.71. The molecule has 2 aliphatic rings. The van der Waals surface area contributed by atoms with Gasteiger partial charge < -0.3 is 10.8 Å². The minimum Gasteiger partial charge on any atom is -0.392 e. The molecule has 0 amide bonds. The molecule has 3 aromatic rings. The molecule has 1 atom stereocenters. The van der Waals surface area contributed by atoms with Crippen molar-refractivity contribution < 1.29 is 22.3 Å². The van der Waals surface area contributed by atoms with Gasteiger partial charge in [-0.15, -0.1) is 5.10 Å². The van der Waals surface area contributed by atoms with Gasteiger partial charge in [-0.05, 0) is 37.8 Å². The number of piperidine rings is 1. The second-order valence-corrected chi connectivity index (χ2v) is 9.88. The van der Waals surface area contributed by atoms with Crippen LogP contribution in [0, 0.1) is 11.6 Å². The number of halogens is 2. The molecular formula is C20H23F2N5O3S. The Bertz CT molecular complexity index is 1200. The Balaban J connectivity index is 0.000000158. The van der Waals surface area contributed by atoms with E-state index in [0.29, 0.717) is 18.8 Å². The van der Waals surface area contributed by atoms with Crippen LogP contribution in [0.4, 0.5) is 14.7 Å². The van der Waals surface area contributed by atoms with Crippen molar-refractivity contribution in [3.05, 3.63) is 48.2 Å². The predicted octanol–water partition coefficient (Wildman–Crippen LogP) is 2.19. The monoisotopic (exact) mass is 451 g/mol. The standard InChI is InChI=1S/C12H8F2N4.C8H15NO3S/c13-8-4-2-1-3-7(8)10-5-9(14)11-6-16-12(15)17-18(10)11;10-7-2-1-5-9(6-7)13(11,12)8-3-4-8/h1-6H,(H2,15,17);7-8,10H,1-6H2. The lowest BCUT2D eigenvalue weighted by molar-refractivity contribution is 0.108. The molecule has 3 N–H and O–H groups in total. The first-order chi connectivity index (χ1) is 14.8. The lowest BCUT2D eigenvalue weighted by Crippen LogP contribution is -2.43. The smallest absolute Gasteiger partial charge is 0.238 e. The minimum absolute atomic E-state index is 0.00399. The molecule has 1 saturated carbocycles. The largest absolute Gasteiger partial charge is 0.392 e. The molecule has 1 unspecified atom stereocenters. The SMILES string of the molecule is Nc1ncc2c(F)cc(-c3ccccc3F)n2n1.O=S(=O)(C1CC1)N1CCCC(O)C1. The summed E-state index contributed by atoms with van der Waals surface area (Å²) < 4.78 is 53.5. The summed E-state index contributed by atoms with van der Waals surface area (Å²) in [5.74, 6) is -0.974. The Morgan fingerprint density at radius 2 is 1.87 bits per heavy atom.